The quantitative estimate of drug-likeness (QED) is 0.273. The third-order valence-corrected chi connectivity index (χ3v) is 6.10. The van der Waals surface area contributed by atoms with E-state index in [1.165, 1.54) is 13.0 Å². The molecular formula is C26H18ClF10NO2. The normalized spacial score (nSPS) is 12.4. The fourth-order valence-electron chi connectivity index (χ4n) is 3.88. The number of rotatable bonds is 5. The monoisotopic (exact) mass is 601 g/mol. The Hall–Kier alpha value is -3.48. The fraction of sp³-hybridized carbons (Fsp3) is 0.269. The maximum Gasteiger partial charge on any atom is 0.416 e. The van der Waals surface area contributed by atoms with E-state index in [9.17, 15) is 48.7 Å². The number of aryl methyl sites for hydroxylation is 1. The summed E-state index contributed by atoms with van der Waals surface area (Å²) in [6, 6.07) is 5.21. The van der Waals surface area contributed by atoms with Crippen molar-refractivity contribution in [2.24, 2.45) is 0 Å². The van der Waals surface area contributed by atoms with E-state index in [4.69, 9.17) is 11.6 Å². The van der Waals surface area contributed by atoms with Gasteiger partial charge in [-0.25, -0.2) is 9.18 Å². The lowest BCUT2D eigenvalue weighted by molar-refractivity contribution is -0.143. The molecule has 3 nitrogen and oxygen atoms in total. The first-order valence-corrected chi connectivity index (χ1v) is 11.5. The molecule has 0 fully saturated rings. The van der Waals surface area contributed by atoms with Crippen molar-refractivity contribution < 1.29 is 53.4 Å². The van der Waals surface area contributed by atoms with Gasteiger partial charge in [-0.2, -0.15) is 39.5 Å². The molecule has 0 aliphatic heterocycles. The van der Waals surface area contributed by atoms with E-state index in [1.807, 2.05) is 0 Å². The van der Waals surface area contributed by atoms with Crippen molar-refractivity contribution in [3.63, 3.8) is 0 Å². The van der Waals surface area contributed by atoms with Crippen LogP contribution in [0.3, 0.4) is 0 Å². The molecule has 0 aliphatic carbocycles. The minimum atomic E-state index is -5.17. The molecule has 3 aromatic rings. The number of halogens is 11. The summed E-state index contributed by atoms with van der Waals surface area (Å²) >= 11 is 6.13. The molecule has 3 rings (SSSR count). The van der Waals surface area contributed by atoms with Crippen molar-refractivity contribution >= 4 is 17.7 Å². The van der Waals surface area contributed by atoms with Crippen LogP contribution in [0.25, 0.3) is 11.1 Å². The second kappa shape index (κ2) is 11.2. The molecule has 0 saturated carbocycles. The summed E-state index contributed by atoms with van der Waals surface area (Å²) in [6.45, 7) is -0.284. The van der Waals surface area contributed by atoms with Gasteiger partial charge in [-0.05, 0) is 71.6 Å². The molecule has 0 spiro atoms. The Morgan fingerprint density at radius 3 is 1.82 bits per heavy atom. The van der Waals surface area contributed by atoms with Gasteiger partial charge < -0.3 is 4.74 Å². The van der Waals surface area contributed by atoms with Crippen molar-refractivity contribution in [3.05, 3.63) is 92.8 Å². The molecule has 216 valence electrons. The molecule has 1 amide bonds. The fourth-order valence-corrected chi connectivity index (χ4v) is 4.13. The maximum atomic E-state index is 14.0. The molecular weight excluding hydrogens is 584 g/mol. The lowest BCUT2D eigenvalue weighted by atomic mass is 9.95. The van der Waals surface area contributed by atoms with Crippen molar-refractivity contribution in [1.29, 1.82) is 0 Å². The minimum Gasteiger partial charge on any atom is -0.453 e. The van der Waals surface area contributed by atoms with Gasteiger partial charge in [0.15, 0.2) is 0 Å². The number of methoxy groups -OCH3 is 1. The molecule has 14 heteroatoms. The van der Waals surface area contributed by atoms with Crippen LogP contribution in [0.15, 0.2) is 48.5 Å². The van der Waals surface area contributed by atoms with E-state index >= 15 is 0 Å². The molecule has 0 N–H and O–H groups in total. The standard InChI is InChI=1S/C26H18ClF10NO2/c1-13-5-20(21(27)10-22(13)28)19-4-3-16(24(29,30)31)8-15(19)12-38(23(39)40-2)11-14-6-17(25(32,33)34)9-18(7-14)26(35,36)37/h3-10H,11-12H2,1-2H3. The van der Waals surface area contributed by atoms with Crippen LogP contribution < -0.4 is 0 Å². The number of benzene rings is 3. The first-order valence-electron chi connectivity index (χ1n) is 11.1. The Morgan fingerprint density at radius 2 is 1.32 bits per heavy atom. The molecule has 0 unspecified atom stereocenters. The van der Waals surface area contributed by atoms with Crippen LogP contribution in [0.5, 0.6) is 0 Å². The third kappa shape index (κ3) is 7.18. The Balaban J connectivity index is 2.16. The molecule has 3 aromatic carbocycles. The van der Waals surface area contributed by atoms with Crippen LogP contribution in [0.1, 0.15) is 33.4 Å². The largest absolute Gasteiger partial charge is 0.453 e. The zero-order chi connectivity index (χ0) is 30.2. The molecule has 0 bridgehead atoms. The number of ether oxygens (including phenoxy) is 1. The Bertz CT molecular complexity index is 1380. The average molecular weight is 602 g/mol. The highest BCUT2D eigenvalue weighted by Crippen LogP contribution is 2.39. The third-order valence-electron chi connectivity index (χ3n) is 5.79. The van der Waals surface area contributed by atoms with E-state index in [0.29, 0.717) is 29.2 Å². The van der Waals surface area contributed by atoms with Gasteiger partial charge in [-0.15, -0.1) is 0 Å². The Morgan fingerprint density at radius 1 is 0.775 bits per heavy atom. The number of carbonyl (C=O) groups excluding carboxylic acids is 1. The van der Waals surface area contributed by atoms with Crippen LogP contribution in [-0.4, -0.2) is 18.1 Å². The minimum absolute atomic E-state index is 0.00928. The predicted molar refractivity (Wildman–Crippen MR) is 125 cm³/mol. The summed E-state index contributed by atoms with van der Waals surface area (Å²) in [5.41, 5.74) is -5.13. The second-order valence-electron chi connectivity index (χ2n) is 8.69. The number of hydrogen-bond acceptors (Lipinski definition) is 2. The van der Waals surface area contributed by atoms with Crippen LogP contribution in [0.2, 0.25) is 5.02 Å². The SMILES string of the molecule is COC(=O)N(Cc1cc(C(F)(F)F)cc(C(F)(F)F)c1)Cc1cc(C(F)(F)F)ccc1-c1cc(C)c(F)cc1Cl. The summed E-state index contributed by atoms with van der Waals surface area (Å²) in [5, 5.41) is -0.193. The molecule has 0 heterocycles. The summed E-state index contributed by atoms with van der Waals surface area (Å²) in [4.78, 5) is 13.2. The summed E-state index contributed by atoms with van der Waals surface area (Å²) in [7, 11) is 0.871. The van der Waals surface area contributed by atoms with Crippen molar-refractivity contribution in [2.45, 2.75) is 38.5 Å². The maximum absolute atomic E-state index is 14.0. The van der Waals surface area contributed by atoms with Gasteiger partial charge in [-0.3, -0.25) is 4.90 Å². The number of amides is 1. The van der Waals surface area contributed by atoms with Gasteiger partial charge in [0.1, 0.15) is 5.82 Å². The first-order chi connectivity index (χ1) is 18.3. The summed E-state index contributed by atoms with van der Waals surface area (Å²) in [6.07, 6.45) is -16.4. The van der Waals surface area contributed by atoms with E-state index in [0.717, 1.165) is 19.2 Å². The molecule has 0 atom stereocenters. The van der Waals surface area contributed by atoms with Gasteiger partial charge in [0.05, 0.1) is 28.8 Å². The molecule has 0 radical (unpaired) electrons. The van der Waals surface area contributed by atoms with Gasteiger partial charge in [0, 0.05) is 18.7 Å². The van der Waals surface area contributed by atoms with Gasteiger partial charge >= 0.3 is 24.6 Å². The summed E-state index contributed by atoms with van der Waals surface area (Å²) in [5.74, 6) is -0.705. The van der Waals surface area contributed by atoms with E-state index in [-0.39, 0.29) is 33.3 Å². The van der Waals surface area contributed by atoms with Crippen LogP contribution >= 0.6 is 11.6 Å². The lowest BCUT2D eigenvalue weighted by Crippen LogP contribution is -2.30. The average Bonchev–Trinajstić information content (AvgIpc) is 2.83. The zero-order valence-electron chi connectivity index (χ0n) is 20.5. The van der Waals surface area contributed by atoms with Crippen molar-refractivity contribution in [1.82, 2.24) is 4.90 Å². The first kappa shape index (κ1) is 31.1. The number of alkyl halides is 9. The van der Waals surface area contributed by atoms with E-state index in [2.05, 4.69) is 4.74 Å². The van der Waals surface area contributed by atoms with Crippen molar-refractivity contribution in [3.8, 4) is 11.1 Å². The van der Waals surface area contributed by atoms with Crippen LogP contribution in [0, 0.1) is 12.7 Å². The highest BCUT2D eigenvalue weighted by atomic mass is 35.5. The van der Waals surface area contributed by atoms with Gasteiger partial charge in [0.2, 0.25) is 0 Å². The van der Waals surface area contributed by atoms with Crippen LogP contribution in [0.4, 0.5) is 48.7 Å². The lowest BCUT2D eigenvalue weighted by Gasteiger charge is -2.25. The van der Waals surface area contributed by atoms with Gasteiger partial charge in [0.25, 0.3) is 0 Å². The number of carbonyl (C=O) groups is 1. The molecule has 0 aliphatic rings. The Labute approximate surface area is 225 Å². The predicted octanol–water partition coefficient (Wildman–Crippen LogP) is 9.28. The highest BCUT2D eigenvalue weighted by Gasteiger charge is 2.37. The van der Waals surface area contributed by atoms with E-state index < -0.39 is 65.8 Å². The van der Waals surface area contributed by atoms with Crippen molar-refractivity contribution in [2.75, 3.05) is 7.11 Å². The van der Waals surface area contributed by atoms with Gasteiger partial charge in [-0.1, -0.05) is 17.7 Å². The zero-order valence-corrected chi connectivity index (χ0v) is 21.2. The molecule has 40 heavy (non-hydrogen) atoms. The van der Waals surface area contributed by atoms with E-state index in [1.54, 1.807) is 0 Å². The summed E-state index contributed by atoms with van der Waals surface area (Å²) < 4.78 is 139. The molecule has 0 saturated heterocycles. The number of hydrogen-bond donors (Lipinski definition) is 0. The smallest absolute Gasteiger partial charge is 0.416 e. The Kier molecular flexibility index (Phi) is 8.68. The second-order valence-corrected chi connectivity index (χ2v) is 9.10. The topological polar surface area (TPSA) is 29.5 Å². The van der Waals surface area contributed by atoms with Crippen LogP contribution in [-0.2, 0) is 36.4 Å². The molecule has 0 aromatic heterocycles. The number of nitrogens with zero attached hydrogens (tertiary/aromatic N) is 1. The highest BCUT2D eigenvalue weighted by molar-refractivity contribution is 6.33.